The van der Waals surface area contributed by atoms with Crippen LogP contribution >= 0.6 is 27.7 Å². The molecule has 3 nitrogen and oxygen atoms in total. The quantitative estimate of drug-likeness (QED) is 0.855. The van der Waals surface area contributed by atoms with Gasteiger partial charge in [0.25, 0.3) is 0 Å². The second-order valence-corrected chi connectivity index (χ2v) is 7.39. The molecule has 1 aliphatic carbocycles. The van der Waals surface area contributed by atoms with Crippen LogP contribution < -0.4 is 0 Å². The third kappa shape index (κ3) is 3.99. The Balaban J connectivity index is 1.88. The molecule has 1 heterocycles. The van der Waals surface area contributed by atoms with Gasteiger partial charge in [-0.2, -0.15) is 16.9 Å². The van der Waals surface area contributed by atoms with Crippen molar-refractivity contribution in [2.75, 3.05) is 5.75 Å². The topological polar surface area (TPSA) is 38.0 Å². The van der Waals surface area contributed by atoms with Crippen LogP contribution in [-0.2, 0) is 13.0 Å². The molecular weight excluding hydrogens is 324 g/mol. The van der Waals surface area contributed by atoms with Crippen LogP contribution in [0, 0.1) is 6.92 Å². The molecule has 0 spiro atoms. The molecule has 1 saturated carbocycles. The first-order chi connectivity index (χ1) is 9.11. The van der Waals surface area contributed by atoms with Gasteiger partial charge in [-0.3, -0.25) is 4.68 Å². The zero-order valence-corrected chi connectivity index (χ0v) is 14.1. The molecule has 1 fully saturated rings. The predicted molar refractivity (Wildman–Crippen MR) is 84.8 cm³/mol. The summed E-state index contributed by atoms with van der Waals surface area (Å²) in [7, 11) is 0. The van der Waals surface area contributed by atoms with Gasteiger partial charge in [0.1, 0.15) is 0 Å². The Labute approximate surface area is 128 Å². The predicted octanol–water partition coefficient (Wildman–Crippen LogP) is 3.55. The highest BCUT2D eigenvalue weighted by atomic mass is 79.9. The van der Waals surface area contributed by atoms with Crippen LogP contribution in [-0.4, -0.2) is 32.0 Å². The van der Waals surface area contributed by atoms with Gasteiger partial charge < -0.3 is 5.11 Å². The zero-order valence-electron chi connectivity index (χ0n) is 11.7. The zero-order chi connectivity index (χ0) is 13.8. The Morgan fingerprint density at radius 2 is 2.16 bits per heavy atom. The largest absolute Gasteiger partial charge is 0.392 e. The Bertz CT molecular complexity index is 416. The highest BCUT2D eigenvalue weighted by Gasteiger charge is 2.19. The fourth-order valence-corrected chi connectivity index (χ4v) is 4.37. The lowest BCUT2D eigenvalue weighted by atomic mass is 10.2. The Morgan fingerprint density at radius 1 is 1.47 bits per heavy atom. The van der Waals surface area contributed by atoms with Crippen molar-refractivity contribution in [1.82, 2.24) is 9.78 Å². The molecule has 0 radical (unpaired) electrons. The molecule has 0 amide bonds. The molecule has 0 aliphatic heterocycles. The number of aryl methyl sites for hydroxylation is 2. The summed E-state index contributed by atoms with van der Waals surface area (Å²) in [5, 5.41) is 15.5. The third-order valence-electron chi connectivity index (χ3n) is 3.71. The average molecular weight is 347 g/mol. The number of thioether (sulfide) groups is 1. The molecule has 1 aromatic heterocycles. The van der Waals surface area contributed by atoms with E-state index in [1.165, 1.54) is 25.7 Å². The average Bonchev–Trinajstić information content (AvgIpc) is 3.00. The lowest BCUT2D eigenvalue weighted by Crippen LogP contribution is -2.18. The number of hydrogen-bond acceptors (Lipinski definition) is 3. The highest BCUT2D eigenvalue weighted by Crippen LogP contribution is 2.30. The van der Waals surface area contributed by atoms with Gasteiger partial charge in [-0.1, -0.05) is 12.8 Å². The molecule has 1 aliphatic rings. The fraction of sp³-hybridized carbons (Fsp3) is 0.786. The van der Waals surface area contributed by atoms with Crippen LogP contribution in [0.5, 0.6) is 0 Å². The van der Waals surface area contributed by atoms with E-state index < -0.39 is 0 Å². The van der Waals surface area contributed by atoms with Crippen molar-refractivity contribution in [3.05, 3.63) is 15.9 Å². The van der Waals surface area contributed by atoms with Gasteiger partial charge >= 0.3 is 0 Å². The minimum atomic E-state index is -0.275. The van der Waals surface area contributed by atoms with Gasteiger partial charge in [0, 0.05) is 24.0 Å². The van der Waals surface area contributed by atoms with E-state index in [9.17, 15) is 5.11 Å². The van der Waals surface area contributed by atoms with Crippen LogP contribution in [0.2, 0.25) is 0 Å². The van der Waals surface area contributed by atoms with E-state index in [-0.39, 0.29) is 6.10 Å². The van der Waals surface area contributed by atoms with E-state index >= 15 is 0 Å². The number of halogens is 1. The summed E-state index contributed by atoms with van der Waals surface area (Å²) >= 11 is 5.53. The van der Waals surface area contributed by atoms with Crippen molar-refractivity contribution in [1.29, 1.82) is 0 Å². The summed E-state index contributed by atoms with van der Waals surface area (Å²) in [4.78, 5) is 0. The molecule has 0 saturated heterocycles. The highest BCUT2D eigenvalue weighted by molar-refractivity contribution is 9.10. The van der Waals surface area contributed by atoms with E-state index in [2.05, 4.69) is 28.0 Å². The molecule has 0 aromatic carbocycles. The molecule has 2 rings (SSSR count). The second-order valence-electron chi connectivity index (χ2n) is 5.26. The summed E-state index contributed by atoms with van der Waals surface area (Å²) in [6, 6.07) is 0. The van der Waals surface area contributed by atoms with E-state index in [4.69, 9.17) is 0 Å². The number of rotatable bonds is 6. The number of aliphatic hydroxyl groups excluding tert-OH is 1. The molecule has 1 N–H and O–H groups in total. The molecule has 1 unspecified atom stereocenters. The van der Waals surface area contributed by atoms with Crippen LogP contribution in [0.15, 0.2) is 4.47 Å². The molecule has 19 heavy (non-hydrogen) atoms. The van der Waals surface area contributed by atoms with Gasteiger partial charge in [-0.25, -0.2) is 0 Å². The third-order valence-corrected chi connectivity index (χ3v) is 6.26. The van der Waals surface area contributed by atoms with Crippen molar-refractivity contribution < 1.29 is 5.11 Å². The number of hydrogen-bond donors (Lipinski definition) is 1. The number of aliphatic hydroxyl groups is 1. The Morgan fingerprint density at radius 3 is 2.79 bits per heavy atom. The Hall–Kier alpha value is -0.0000000000000000555. The molecule has 0 bridgehead atoms. The molecular formula is C14H23BrN2OS. The van der Waals surface area contributed by atoms with E-state index in [1.54, 1.807) is 0 Å². The van der Waals surface area contributed by atoms with Gasteiger partial charge in [0.15, 0.2) is 0 Å². The summed E-state index contributed by atoms with van der Waals surface area (Å²) in [6.45, 7) is 4.94. The molecule has 5 heteroatoms. The first-order valence-electron chi connectivity index (χ1n) is 7.13. The Kier molecular flexibility index (Phi) is 5.78. The molecule has 108 valence electrons. The minimum absolute atomic E-state index is 0.275. The van der Waals surface area contributed by atoms with Crippen molar-refractivity contribution >= 4 is 27.7 Å². The lowest BCUT2D eigenvalue weighted by molar-refractivity contribution is 0.196. The maximum Gasteiger partial charge on any atom is 0.0738 e. The van der Waals surface area contributed by atoms with Crippen molar-refractivity contribution in [2.24, 2.45) is 0 Å². The summed E-state index contributed by atoms with van der Waals surface area (Å²) in [6.07, 6.45) is 5.79. The standard InChI is InChI=1S/C14H23BrN2OS/c1-3-17-13(14(15)10(2)16-17)8-11(18)9-19-12-6-4-5-7-12/h11-12,18H,3-9H2,1-2H3. The maximum atomic E-state index is 10.2. The van der Waals surface area contributed by atoms with Crippen LogP contribution in [0.25, 0.3) is 0 Å². The van der Waals surface area contributed by atoms with E-state index in [1.807, 2.05) is 23.4 Å². The summed E-state index contributed by atoms with van der Waals surface area (Å²) < 4.78 is 3.04. The first kappa shape index (κ1) is 15.4. The SMILES string of the molecule is CCn1nc(C)c(Br)c1CC(O)CSC1CCCC1. The van der Waals surface area contributed by atoms with Crippen molar-refractivity contribution in [3.8, 4) is 0 Å². The fourth-order valence-electron chi connectivity index (χ4n) is 2.65. The summed E-state index contributed by atoms with van der Waals surface area (Å²) in [5.74, 6) is 0.838. The normalized spacial score (nSPS) is 18.1. The number of aromatic nitrogens is 2. The first-order valence-corrected chi connectivity index (χ1v) is 8.97. The smallest absolute Gasteiger partial charge is 0.0738 e. The van der Waals surface area contributed by atoms with Crippen LogP contribution in [0.1, 0.15) is 44.0 Å². The lowest BCUT2D eigenvalue weighted by Gasteiger charge is -2.14. The van der Waals surface area contributed by atoms with Gasteiger partial charge in [0.05, 0.1) is 22.0 Å². The van der Waals surface area contributed by atoms with E-state index in [0.29, 0.717) is 6.42 Å². The van der Waals surface area contributed by atoms with Gasteiger partial charge in [-0.15, -0.1) is 0 Å². The van der Waals surface area contributed by atoms with Gasteiger partial charge in [0.2, 0.25) is 0 Å². The van der Waals surface area contributed by atoms with E-state index in [0.717, 1.165) is 33.4 Å². The monoisotopic (exact) mass is 346 g/mol. The van der Waals surface area contributed by atoms with Crippen LogP contribution in [0.3, 0.4) is 0 Å². The summed E-state index contributed by atoms with van der Waals surface area (Å²) in [5.41, 5.74) is 2.13. The molecule has 1 aromatic rings. The number of nitrogens with zero attached hydrogens (tertiary/aromatic N) is 2. The van der Waals surface area contributed by atoms with Gasteiger partial charge in [-0.05, 0) is 42.6 Å². The van der Waals surface area contributed by atoms with Crippen molar-refractivity contribution in [3.63, 3.8) is 0 Å². The van der Waals surface area contributed by atoms with Crippen LogP contribution in [0.4, 0.5) is 0 Å². The maximum absolute atomic E-state index is 10.2. The second kappa shape index (κ2) is 7.14. The minimum Gasteiger partial charge on any atom is -0.392 e. The molecule has 1 atom stereocenters. The van der Waals surface area contributed by atoms with Crippen molar-refractivity contribution in [2.45, 2.75) is 63.9 Å².